The molecule has 0 radical (unpaired) electrons. The molecule has 1 atom stereocenters. The van der Waals surface area contributed by atoms with Crippen LogP contribution in [0.4, 0.5) is 0 Å². The van der Waals surface area contributed by atoms with Gasteiger partial charge in [0, 0.05) is 19.8 Å². The van der Waals surface area contributed by atoms with Crippen molar-refractivity contribution in [2.24, 2.45) is 5.84 Å². The van der Waals surface area contributed by atoms with Gasteiger partial charge in [-0.05, 0) is 49.2 Å². The van der Waals surface area contributed by atoms with Crippen LogP contribution in [0.3, 0.4) is 0 Å². The van der Waals surface area contributed by atoms with Crippen LogP contribution in [0, 0.1) is 6.92 Å². The molecule has 0 fully saturated rings. The average Bonchev–Trinajstić information content (AvgIpc) is 2.77. The highest BCUT2D eigenvalue weighted by atomic mass is 35.5. The number of hydrogen-bond acceptors (Lipinski definition) is 3. The molecule has 0 spiro atoms. The van der Waals surface area contributed by atoms with Gasteiger partial charge < -0.3 is 0 Å². The fourth-order valence-electron chi connectivity index (χ4n) is 1.80. The van der Waals surface area contributed by atoms with Crippen molar-refractivity contribution >= 4 is 34.5 Å². The molecule has 1 heterocycles. The summed E-state index contributed by atoms with van der Waals surface area (Å²) in [5.41, 5.74) is 3.83. The number of halogens is 2. The molecule has 18 heavy (non-hydrogen) atoms. The van der Waals surface area contributed by atoms with Crippen LogP contribution in [0.1, 0.15) is 21.4 Å². The summed E-state index contributed by atoms with van der Waals surface area (Å²) in [6.45, 7) is 2.08. The lowest BCUT2D eigenvalue weighted by atomic mass is 10.1. The van der Waals surface area contributed by atoms with Crippen molar-refractivity contribution in [3.63, 3.8) is 0 Å². The lowest BCUT2D eigenvalue weighted by Gasteiger charge is -2.15. The summed E-state index contributed by atoms with van der Waals surface area (Å²) in [6, 6.07) is 9.71. The molecule has 2 rings (SSSR count). The number of thiophene rings is 1. The molecule has 3 N–H and O–H groups in total. The quantitative estimate of drug-likeness (QED) is 0.659. The van der Waals surface area contributed by atoms with Crippen LogP contribution in [-0.2, 0) is 6.42 Å². The largest absolute Gasteiger partial charge is 0.271 e. The van der Waals surface area contributed by atoms with E-state index in [4.69, 9.17) is 29.0 Å². The summed E-state index contributed by atoms with van der Waals surface area (Å²) in [7, 11) is 0. The van der Waals surface area contributed by atoms with Gasteiger partial charge in [-0.2, -0.15) is 0 Å². The molecule has 0 bridgehead atoms. The second-order valence-corrected chi connectivity index (χ2v) is 6.27. The van der Waals surface area contributed by atoms with Crippen molar-refractivity contribution < 1.29 is 0 Å². The van der Waals surface area contributed by atoms with E-state index in [-0.39, 0.29) is 6.04 Å². The molecule has 0 aliphatic carbocycles. The van der Waals surface area contributed by atoms with Gasteiger partial charge in [0.05, 0.1) is 6.04 Å². The van der Waals surface area contributed by atoms with Crippen molar-refractivity contribution in [1.82, 2.24) is 5.43 Å². The fourth-order valence-corrected chi connectivity index (χ4v) is 3.13. The minimum absolute atomic E-state index is 0.0552. The zero-order valence-electron chi connectivity index (χ0n) is 9.91. The van der Waals surface area contributed by atoms with E-state index >= 15 is 0 Å². The third-order valence-corrected chi connectivity index (χ3v) is 4.46. The Morgan fingerprint density at radius 3 is 2.67 bits per heavy atom. The Morgan fingerprint density at radius 1 is 1.28 bits per heavy atom. The van der Waals surface area contributed by atoms with Crippen molar-refractivity contribution in [2.75, 3.05) is 0 Å². The molecule has 1 unspecified atom stereocenters. The average molecular weight is 301 g/mol. The lowest BCUT2D eigenvalue weighted by Crippen LogP contribution is -2.29. The normalized spacial score (nSPS) is 12.7. The maximum atomic E-state index is 6.17. The van der Waals surface area contributed by atoms with Gasteiger partial charge in [0.15, 0.2) is 0 Å². The molecule has 2 nitrogen and oxygen atoms in total. The number of rotatable bonds is 4. The minimum atomic E-state index is 0.0552. The summed E-state index contributed by atoms with van der Waals surface area (Å²) in [4.78, 5) is 2.47. The Kier molecular flexibility index (Phi) is 4.65. The zero-order valence-corrected chi connectivity index (χ0v) is 12.2. The second kappa shape index (κ2) is 6.04. The Bertz CT molecular complexity index is 540. The first-order chi connectivity index (χ1) is 8.60. The second-order valence-electron chi connectivity index (χ2n) is 4.11. The van der Waals surface area contributed by atoms with Gasteiger partial charge in [0.2, 0.25) is 0 Å². The number of benzene rings is 1. The molecule has 0 amide bonds. The van der Waals surface area contributed by atoms with Crippen LogP contribution in [0.15, 0.2) is 30.3 Å². The van der Waals surface area contributed by atoms with Gasteiger partial charge in [-0.3, -0.25) is 11.3 Å². The highest BCUT2D eigenvalue weighted by molar-refractivity contribution is 7.12. The maximum Gasteiger partial charge on any atom is 0.0594 e. The lowest BCUT2D eigenvalue weighted by molar-refractivity contribution is 0.561. The van der Waals surface area contributed by atoms with Crippen molar-refractivity contribution in [3.05, 3.63) is 55.7 Å². The monoisotopic (exact) mass is 300 g/mol. The first-order valence-corrected chi connectivity index (χ1v) is 7.14. The topological polar surface area (TPSA) is 38.0 Å². The van der Waals surface area contributed by atoms with E-state index < -0.39 is 0 Å². The maximum absolute atomic E-state index is 6.17. The van der Waals surface area contributed by atoms with Crippen molar-refractivity contribution in [3.8, 4) is 0 Å². The summed E-state index contributed by atoms with van der Waals surface area (Å²) in [5, 5.41) is 1.40. The molecule has 1 aromatic heterocycles. The van der Waals surface area contributed by atoms with Gasteiger partial charge in [-0.25, -0.2) is 0 Å². The summed E-state index contributed by atoms with van der Waals surface area (Å²) in [6.07, 6.45) is 0.718. The highest BCUT2D eigenvalue weighted by Crippen LogP contribution is 2.29. The van der Waals surface area contributed by atoms with E-state index in [2.05, 4.69) is 24.5 Å². The Balaban J connectivity index is 2.22. The highest BCUT2D eigenvalue weighted by Gasteiger charge is 2.14. The first kappa shape index (κ1) is 13.8. The van der Waals surface area contributed by atoms with Crippen LogP contribution in [0.5, 0.6) is 0 Å². The van der Waals surface area contributed by atoms with E-state index in [9.17, 15) is 0 Å². The van der Waals surface area contributed by atoms with Crippen LogP contribution < -0.4 is 11.3 Å². The van der Waals surface area contributed by atoms with Gasteiger partial charge in [-0.1, -0.05) is 23.2 Å². The van der Waals surface area contributed by atoms with Gasteiger partial charge in [0.25, 0.3) is 0 Å². The fraction of sp³-hybridized carbons (Fsp3) is 0.231. The number of hydrogen-bond donors (Lipinski definition) is 2. The van der Waals surface area contributed by atoms with Gasteiger partial charge in [-0.15, -0.1) is 11.3 Å². The summed E-state index contributed by atoms with van der Waals surface area (Å²) < 4.78 is 0. The number of nitrogens with one attached hydrogen (secondary N) is 1. The van der Waals surface area contributed by atoms with Crippen molar-refractivity contribution in [1.29, 1.82) is 0 Å². The van der Waals surface area contributed by atoms with Crippen LogP contribution >= 0.6 is 34.5 Å². The molecule has 0 saturated heterocycles. The number of hydrazine groups is 1. The third-order valence-electron chi connectivity index (χ3n) is 2.74. The van der Waals surface area contributed by atoms with Crippen LogP contribution in [-0.4, -0.2) is 0 Å². The SMILES string of the molecule is Cc1ccc(C(Cc2cc(Cl)ccc2Cl)NN)s1. The Morgan fingerprint density at radius 2 is 2.06 bits per heavy atom. The zero-order chi connectivity index (χ0) is 13.1. The summed E-state index contributed by atoms with van der Waals surface area (Å²) in [5.74, 6) is 5.63. The molecule has 96 valence electrons. The van der Waals surface area contributed by atoms with Gasteiger partial charge >= 0.3 is 0 Å². The molecule has 2 aromatic rings. The number of aryl methyl sites for hydroxylation is 1. The first-order valence-electron chi connectivity index (χ1n) is 5.56. The van der Waals surface area contributed by atoms with Gasteiger partial charge in [0.1, 0.15) is 0 Å². The Labute approximate surface area is 121 Å². The Hall–Kier alpha value is -0.580. The molecule has 0 saturated carbocycles. The molecule has 0 aliphatic rings. The van der Waals surface area contributed by atoms with E-state index in [1.54, 1.807) is 17.4 Å². The van der Waals surface area contributed by atoms with E-state index in [1.165, 1.54) is 9.75 Å². The van der Waals surface area contributed by atoms with E-state index in [0.29, 0.717) is 10.0 Å². The van der Waals surface area contributed by atoms with E-state index in [0.717, 1.165) is 12.0 Å². The smallest absolute Gasteiger partial charge is 0.0594 e. The minimum Gasteiger partial charge on any atom is -0.271 e. The molecule has 1 aromatic carbocycles. The molecular formula is C13H14Cl2N2S. The molecular weight excluding hydrogens is 287 g/mol. The third kappa shape index (κ3) is 3.25. The van der Waals surface area contributed by atoms with E-state index in [1.807, 2.05) is 12.1 Å². The summed E-state index contributed by atoms with van der Waals surface area (Å²) >= 11 is 13.9. The molecule has 0 aliphatic heterocycles. The van der Waals surface area contributed by atoms with Crippen LogP contribution in [0.2, 0.25) is 10.0 Å². The standard InChI is InChI=1S/C13H14Cl2N2S/c1-8-2-5-13(18-8)12(17-16)7-9-6-10(14)3-4-11(9)15/h2-6,12,17H,7,16H2,1H3. The van der Waals surface area contributed by atoms with Crippen molar-refractivity contribution in [2.45, 2.75) is 19.4 Å². The predicted octanol–water partition coefficient (Wildman–Crippen LogP) is 4.11. The molecule has 5 heteroatoms. The van der Waals surface area contributed by atoms with Crippen LogP contribution in [0.25, 0.3) is 0 Å². The predicted molar refractivity (Wildman–Crippen MR) is 79.3 cm³/mol. The number of nitrogens with two attached hydrogens (primary N) is 1.